The number of hydrogen-bond acceptors (Lipinski definition) is 4. The maximum Gasteiger partial charge on any atom is 0.173 e. The molecule has 104 valence electrons. The molecule has 1 fully saturated rings. The molecular formula is C14H22N4O. The first kappa shape index (κ1) is 13.6. The number of rotatable bonds is 6. The van der Waals surface area contributed by atoms with Gasteiger partial charge in [-0.3, -0.25) is 0 Å². The van der Waals surface area contributed by atoms with Crippen molar-refractivity contribution in [3.8, 4) is 0 Å². The highest BCUT2D eigenvalue weighted by Gasteiger charge is 2.31. The average Bonchev–Trinajstić information content (AvgIpc) is 3.23. The molecule has 0 saturated heterocycles. The van der Waals surface area contributed by atoms with E-state index >= 15 is 0 Å². The third-order valence-electron chi connectivity index (χ3n) is 3.38. The minimum atomic E-state index is 0.123. The molecule has 1 aliphatic carbocycles. The molecule has 0 amide bonds. The highest BCUT2D eigenvalue weighted by molar-refractivity contribution is 6.01. The van der Waals surface area contributed by atoms with E-state index < -0.39 is 0 Å². The molecule has 1 aliphatic rings. The van der Waals surface area contributed by atoms with Gasteiger partial charge in [0.15, 0.2) is 5.84 Å². The highest BCUT2D eigenvalue weighted by Crippen LogP contribution is 2.32. The summed E-state index contributed by atoms with van der Waals surface area (Å²) < 4.78 is 0. The molecule has 1 aromatic heterocycles. The molecule has 0 aliphatic heterocycles. The molecule has 2 rings (SSSR count). The first-order chi connectivity index (χ1) is 9.13. The van der Waals surface area contributed by atoms with Crippen LogP contribution >= 0.6 is 0 Å². The highest BCUT2D eigenvalue weighted by atomic mass is 16.4. The third-order valence-corrected chi connectivity index (χ3v) is 3.38. The van der Waals surface area contributed by atoms with Crippen LogP contribution in [0.3, 0.4) is 0 Å². The van der Waals surface area contributed by atoms with Gasteiger partial charge in [-0.1, -0.05) is 19.0 Å². The fourth-order valence-electron chi connectivity index (χ4n) is 2.12. The average molecular weight is 262 g/mol. The SMILES string of the molecule is CC(C)CCN(c1ncccc1/C(N)=N/O)C1CC1. The van der Waals surface area contributed by atoms with Crippen molar-refractivity contribution in [2.45, 2.75) is 39.2 Å². The van der Waals surface area contributed by atoms with Crippen LogP contribution in [0.1, 0.15) is 38.7 Å². The van der Waals surface area contributed by atoms with Gasteiger partial charge in [0.25, 0.3) is 0 Å². The lowest BCUT2D eigenvalue weighted by molar-refractivity contribution is 0.318. The molecule has 5 nitrogen and oxygen atoms in total. The molecule has 1 saturated carbocycles. The van der Waals surface area contributed by atoms with Gasteiger partial charge < -0.3 is 15.8 Å². The maximum absolute atomic E-state index is 8.88. The van der Waals surface area contributed by atoms with Crippen LogP contribution in [0.15, 0.2) is 23.5 Å². The molecule has 19 heavy (non-hydrogen) atoms. The second-order valence-corrected chi connectivity index (χ2v) is 5.47. The van der Waals surface area contributed by atoms with E-state index in [2.05, 4.69) is 28.9 Å². The third kappa shape index (κ3) is 3.36. The van der Waals surface area contributed by atoms with Crippen LogP contribution in [0, 0.1) is 5.92 Å². The van der Waals surface area contributed by atoms with Crippen molar-refractivity contribution in [1.82, 2.24) is 4.98 Å². The van der Waals surface area contributed by atoms with Crippen LogP contribution < -0.4 is 10.6 Å². The Bertz CT molecular complexity index is 455. The summed E-state index contributed by atoms with van der Waals surface area (Å²) in [7, 11) is 0. The largest absolute Gasteiger partial charge is 0.409 e. The normalized spacial score (nSPS) is 15.8. The first-order valence-electron chi connectivity index (χ1n) is 6.83. The van der Waals surface area contributed by atoms with Crippen LogP contribution in [0.5, 0.6) is 0 Å². The van der Waals surface area contributed by atoms with E-state index in [9.17, 15) is 0 Å². The Kier molecular flexibility index (Phi) is 4.24. The van der Waals surface area contributed by atoms with Gasteiger partial charge in [-0.25, -0.2) is 4.98 Å². The molecule has 0 atom stereocenters. The molecule has 1 heterocycles. The van der Waals surface area contributed by atoms with Gasteiger partial charge >= 0.3 is 0 Å². The first-order valence-corrected chi connectivity index (χ1v) is 6.83. The van der Waals surface area contributed by atoms with Crippen LogP contribution in [-0.2, 0) is 0 Å². The number of nitrogens with zero attached hydrogens (tertiary/aromatic N) is 3. The molecule has 3 N–H and O–H groups in total. The zero-order valence-corrected chi connectivity index (χ0v) is 11.6. The van der Waals surface area contributed by atoms with Gasteiger partial charge in [-0.05, 0) is 37.3 Å². The predicted octanol–water partition coefficient (Wildman–Crippen LogP) is 2.19. The van der Waals surface area contributed by atoms with E-state index in [1.54, 1.807) is 6.20 Å². The van der Waals surface area contributed by atoms with Gasteiger partial charge in [0.05, 0.1) is 5.56 Å². The minimum absolute atomic E-state index is 0.123. The Balaban J connectivity index is 2.26. The number of amidine groups is 1. The van der Waals surface area contributed by atoms with E-state index in [0.29, 0.717) is 17.5 Å². The van der Waals surface area contributed by atoms with Gasteiger partial charge in [0, 0.05) is 18.8 Å². The molecule has 0 radical (unpaired) electrons. The smallest absolute Gasteiger partial charge is 0.173 e. The molecular weight excluding hydrogens is 240 g/mol. The van der Waals surface area contributed by atoms with Gasteiger partial charge in [-0.2, -0.15) is 0 Å². The van der Waals surface area contributed by atoms with Crippen LogP contribution in [0.4, 0.5) is 5.82 Å². The molecule has 1 aromatic rings. The molecule has 0 unspecified atom stereocenters. The van der Waals surface area contributed by atoms with E-state index in [1.807, 2.05) is 12.1 Å². The van der Waals surface area contributed by atoms with Crippen molar-refractivity contribution < 1.29 is 5.21 Å². The Morgan fingerprint density at radius 2 is 2.32 bits per heavy atom. The summed E-state index contributed by atoms with van der Waals surface area (Å²) in [4.78, 5) is 6.74. The number of pyridine rings is 1. The molecule has 5 heteroatoms. The summed E-state index contributed by atoms with van der Waals surface area (Å²) in [5.41, 5.74) is 6.45. The van der Waals surface area contributed by atoms with E-state index in [1.165, 1.54) is 12.8 Å². The number of anilines is 1. The van der Waals surface area contributed by atoms with Crippen LogP contribution in [0.2, 0.25) is 0 Å². The van der Waals surface area contributed by atoms with Crippen LogP contribution in [0.25, 0.3) is 0 Å². The standard InChI is InChI=1S/C14H22N4O/c1-10(2)7-9-18(11-5-6-11)14-12(13(15)17-19)4-3-8-16-14/h3-4,8,10-11,19H,5-7,9H2,1-2H3,(H2,15,17). The summed E-state index contributed by atoms with van der Waals surface area (Å²) in [5.74, 6) is 1.61. The maximum atomic E-state index is 8.88. The Hall–Kier alpha value is -1.78. The number of nitrogens with two attached hydrogens (primary N) is 1. The Labute approximate surface area is 114 Å². The van der Waals surface area contributed by atoms with Crippen molar-refractivity contribution in [3.05, 3.63) is 23.9 Å². The number of hydrogen-bond donors (Lipinski definition) is 2. The minimum Gasteiger partial charge on any atom is -0.409 e. The summed E-state index contributed by atoms with van der Waals surface area (Å²) in [6.07, 6.45) is 5.27. The molecule has 0 spiro atoms. The lowest BCUT2D eigenvalue weighted by Gasteiger charge is -2.26. The summed E-state index contributed by atoms with van der Waals surface area (Å²) >= 11 is 0. The zero-order valence-electron chi connectivity index (χ0n) is 11.6. The van der Waals surface area contributed by atoms with Crippen molar-refractivity contribution in [2.24, 2.45) is 16.8 Å². The van der Waals surface area contributed by atoms with E-state index in [0.717, 1.165) is 18.8 Å². The van der Waals surface area contributed by atoms with E-state index in [4.69, 9.17) is 10.9 Å². The summed E-state index contributed by atoms with van der Waals surface area (Å²) in [6.45, 7) is 5.40. The fraction of sp³-hybridized carbons (Fsp3) is 0.571. The Morgan fingerprint density at radius 1 is 1.58 bits per heavy atom. The number of aromatic nitrogens is 1. The van der Waals surface area contributed by atoms with Gasteiger partial charge in [-0.15, -0.1) is 0 Å². The summed E-state index contributed by atoms with van der Waals surface area (Å²) in [6, 6.07) is 4.21. The molecule has 0 aromatic carbocycles. The predicted molar refractivity (Wildman–Crippen MR) is 76.6 cm³/mol. The monoisotopic (exact) mass is 262 g/mol. The van der Waals surface area contributed by atoms with Crippen molar-refractivity contribution >= 4 is 11.7 Å². The lowest BCUT2D eigenvalue weighted by atomic mass is 10.1. The zero-order chi connectivity index (χ0) is 13.8. The van der Waals surface area contributed by atoms with Crippen molar-refractivity contribution in [1.29, 1.82) is 0 Å². The Morgan fingerprint density at radius 3 is 2.89 bits per heavy atom. The quantitative estimate of drug-likeness (QED) is 0.357. The fourth-order valence-corrected chi connectivity index (χ4v) is 2.12. The second kappa shape index (κ2) is 5.91. The molecule has 0 bridgehead atoms. The van der Waals surface area contributed by atoms with Crippen molar-refractivity contribution in [2.75, 3.05) is 11.4 Å². The van der Waals surface area contributed by atoms with Crippen molar-refractivity contribution in [3.63, 3.8) is 0 Å². The van der Waals surface area contributed by atoms with Gasteiger partial charge in [0.2, 0.25) is 0 Å². The second-order valence-electron chi connectivity index (χ2n) is 5.47. The van der Waals surface area contributed by atoms with Gasteiger partial charge in [0.1, 0.15) is 5.82 Å². The number of oxime groups is 1. The van der Waals surface area contributed by atoms with Crippen LogP contribution in [-0.4, -0.2) is 28.6 Å². The summed E-state index contributed by atoms with van der Waals surface area (Å²) in [5, 5.41) is 12.0. The lowest BCUT2D eigenvalue weighted by Crippen LogP contribution is -2.31. The topological polar surface area (TPSA) is 74.7 Å². The van der Waals surface area contributed by atoms with E-state index in [-0.39, 0.29) is 5.84 Å².